The number of benzene rings is 8. The molecule has 0 aliphatic rings. The predicted octanol–water partition coefficient (Wildman–Crippen LogP) is 15.0. The topological polar surface area (TPSA) is 42.7 Å². The summed E-state index contributed by atoms with van der Waals surface area (Å²) in [5.74, 6) is 0.857. The number of rotatable bonds is 6. The van der Waals surface area contributed by atoms with E-state index in [0.717, 1.165) is 94.4 Å². The van der Waals surface area contributed by atoms with Crippen molar-refractivity contribution in [3.8, 4) is 33.6 Å². The van der Waals surface area contributed by atoms with Gasteiger partial charge in [0.25, 0.3) is 0 Å². The Morgan fingerprint density at radius 1 is 0.382 bits per heavy atom. The highest BCUT2D eigenvalue weighted by Gasteiger charge is 2.27. The van der Waals surface area contributed by atoms with Gasteiger partial charge in [0.1, 0.15) is 28.1 Å². The van der Waals surface area contributed by atoms with Gasteiger partial charge in [-0.25, -0.2) is 0 Å². The van der Waals surface area contributed by atoms with E-state index in [2.05, 4.69) is 157 Å². The van der Waals surface area contributed by atoms with Crippen LogP contribution in [0.4, 0.5) is 17.1 Å². The zero-order chi connectivity index (χ0) is 36.5. The summed E-state index contributed by atoms with van der Waals surface area (Å²) in [7, 11) is 0. The van der Waals surface area contributed by atoms with Crippen LogP contribution in [0, 0.1) is 6.92 Å². The zero-order valence-corrected chi connectivity index (χ0v) is 30.0. The molecule has 0 amide bonds. The third-order valence-electron chi connectivity index (χ3n) is 10.9. The van der Waals surface area contributed by atoms with Crippen LogP contribution in [0.5, 0.6) is 0 Å². The second kappa shape index (κ2) is 12.4. The monoisotopic (exact) mass is 707 g/mol. The molecule has 0 N–H and O–H groups in total. The van der Waals surface area contributed by atoms with E-state index in [1.165, 1.54) is 16.7 Å². The molecule has 0 bridgehead atoms. The van der Waals surface area contributed by atoms with Gasteiger partial charge in [0.15, 0.2) is 5.58 Å². The molecule has 4 nitrogen and oxygen atoms in total. The van der Waals surface area contributed by atoms with E-state index >= 15 is 0 Å². The number of hydrogen-bond acceptors (Lipinski definition) is 4. The van der Waals surface area contributed by atoms with Crippen molar-refractivity contribution < 1.29 is 13.3 Å². The Balaban J connectivity index is 1.20. The van der Waals surface area contributed by atoms with Crippen molar-refractivity contribution in [2.24, 2.45) is 0 Å². The number of nitrogens with zero attached hydrogens (tertiary/aromatic N) is 1. The average molecular weight is 708 g/mol. The fraction of sp³-hybridized carbons (Fsp3) is 0.0196. The van der Waals surface area contributed by atoms with Crippen LogP contribution in [-0.2, 0) is 0 Å². The van der Waals surface area contributed by atoms with Crippen molar-refractivity contribution in [2.45, 2.75) is 6.92 Å². The highest BCUT2D eigenvalue weighted by molar-refractivity contribution is 6.23. The molecule has 0 saturated carbocycles. The molecule has 0 saturated heterocycles. The van der Waals surface area contributed by atoms with E-state index in [0.29, 0.717) is 0 Å². The van der Waals surface area contributed by atoms with Crippen LogP contribution < -0.4 is 4.90 Å². The van der Waals surface area contributed by atoms with E-state index < -0.39 is 0 Å². The van der Waals surface area contributed by atoms with Crippen LogP contribution in [0.15, 0.2) is 195 Å². The van der Waals surface area contributed by atoms with Crippen LogP contribution >= 0.6 is 0 Å². The number of hydrogen-bond donors (Lipinski definition) is 0. The summed E-state index contributed by atoms with van der Waals surface area (Å²) >= 11 is 0. The summed E-state index contributed by atoms with van der Waals surface area (Å²) in [6.45, 7) is 2.15. The summed E-state index contributed by atoms with van der Waals surface area (Å²) < 4.78 is 20.2. The SMILES string of the molecule is Cc1c(-c2ccccc2)oc2c1cc(N(c1ccc(-c3ccccc3-c3ccccc3)cc1)c1cccc3oc4ccccc4c13)c1oc3ccccc3c12. The van der Waals surface area contributed by atoms with E-state index in [-0.39, 0.29) is 0 Å². The number of furan rings is 3. The molecule has 0 unspecified atom stereocenters. The molecule has 11 rings (SSSR count). The zero-order valence-electron chi connectivity index (χ0n) is 30.0. The maximum Gasteiger partial charge on any atom is 0.163 e. The van der Waals surface area contributed by atoms with E-state index in [1.54, 1.807) is 0 Å². The molecule has 260 valence electrons. The summed E-state index contributed by atoms with van der Waals surface area (Å²) in [4.78, 5) is 2.33. The van der Waals surface area contributed by atoms with Crippen molar-refractivity contribution in [1.82, 2.24) is 0 Å². The number of aryl methyl sites for hydroxylation is 1. The molecule has 0 atom stereocenters. The molecule has 0 fully saturated rings. The van der Waals surface area contributed by atoms with Crippen molar-refractivity contribution in [3.05, 3.63) is 188 Å². The van der Waals surface area contributed by atoms with Crippen molar-refractivity contribution >= 4 is 71.9 Å². The molecule has 3 aromatic heterocycles. The second-order valence-electron chi connectivity index (χ2n) is 14.0. The molecule has 11 aromatic rings. The van der Waals surface area contributed by atoms with Crippen molar-refractivity contribution in [1.29, 1.82) is 0 Å². The van der Waals surface area contributed by atoms with Crippen LogP contribution in [-0.4, -0.2) is 0 Å². The largest absolute Gasteiger partial charge is 0.456 e. The standard InChI is InChI=1S/C51H33NO3/c1-32-41-31-43(51-48(40-22-11-13-25-45(40)54-51)50(41)55-49(32)35-17-6-3-7-18-35)52(42-23-14-26-46-47(42)39-21-10-12-24-44(39)53-46)36-29-27-34(28-30-36)38-20-9-8-19-37(38)33-15-4-2-5-16-33/h2-31H,1H3. The van der Waals surface area contributed by atoms with Crippen molar-refractivity contribution in [3.63, 3.8) is 0 Å². The Labute approximate surface area is 317 Å². The van der Waals surface area contributed by atoms with Crippen molar-refractivity contribution in [2.75, 3.05) is 4.90 Å². The smallest absolute Gasteiger partial charge is 0.163 e. The average Bonchev–Trinajstić information content (AvgIpc) is 3.93. The van der Waals surface area contributed by atoms with E-state index in [4.69, 9.17) is 13.3 Å². The Bertz CT molecular complexity index is 3200. The summed E-state index contributed by atoms with van der Waals surface area (Å²) in [6.07, 6.45) is 0. The van der Waals surface area contributed by atoms with Crippen LogP contribution in [0.2, 0.25) is 0 Å². The lowest BCUT2D eigenvalue weighted by Gasteiger charge is -2.27. The minimum absolute atomic E-state index is 0.755. The van der Waals surface area contributed by atoms with E-state index in [9.17, 15) is 0 Å². The Hall–Kier alpha value is -7.30. The van der Waals surface area contributed by atoms with Gasteiger partial charge in [0.05, 0.1) is 22.1 Å². The third kappa shape index (κ3) is 4.92. The Morgan fingerprint density at radius 2 is 0.945 bits per heavy atom. The van der Waals surface area contributed by atoms with Crippen LogP contribution in [0.1, 0.15) is 5.56 Å². The molecule has 8 aromatic carbocycles. The molecule has 0 radical (unpaired) electrons. The lowest BCUT2D eigenvalue weighted by atomic mass is 9.94. The second-order valence-corrected chi connectivity index (χ2v) is 14.0. The molecule has 3 heterocycles. The van der Waals surface area contributed by atoms with Gasteiger partial charge >= 0.3 is 0 Å². The van der Waals surface area contributed by atoms with Gasteiger partial charge < -0.3 is 18.2 Å². The fourth-order valence-electron chi connectivity index (χ4n) is 8.31. The van der Waals surface area contributed by atoms with Gasteiger partial charge in [-0.3, -0.25) is 0 Å². The summed E-state index contributed by atoms with van der Waals surface area (Å²) in [5.41, 5.74) is 13.8. The first kappa shape index (κ1) is 31.2. The lowest BCUT2D eigenvalue weighted by Crippen LogP contribution is -2.11. The molecular formula is C51H33NO3. The highest BCUT2D eigenvalue weighted by Crippen LogP contribution is 2.50. The highest BCUT2D eigenvalue weighted by atomic mass is 16.4. The lowest BCUT2D eigenvalue weighted by molar-refractivity contribution is 0.631. The van der Waals surface area contributed by atoms with Gasteiger partial charge in [-0.05, 0) is 71.6 Å². The number of fused-ring (bicyclic) bond motifs is 8. The number of anilines is 3. The van der Waals surface area contributed by atoms with Crippen LogP contribution in [0.3, 0.4) is 0 Å². The minimum atomic E-state index is 0.755. The van der Waals surface area contributed by atoms with Gasteiger partial charge in [0.2, 0.25) is 0 Å². The Morgan fingerprint density at radius 3 is 1.65 bits per heavy atom. The summed E-state index contributed by atoms with van der Waals surface area (Å²) in [6, 6.07) is 63.4. The number of para-hydroxylation sites is 2. The molecule has 55 heavy (non-hydrogen) atoms. The molecule has 0 spiro atoms. The maximum atomic E-state index is 6.88. The first-order valence-corrected chi connectivity index (χ1v) is 18.6. The summed E-state index contributed by atoms with van der Waals surface area (Å²) in [5, 5.41) is 5.10. The fourth-order valence-corrected chi connectivity index (χ4v) is 8.31. The minimum Gasteiger partial charge on any atom is -0.456 e. The molecule has 0 aliphatic heterocycles. The molecule has 0 aliphatic carbocycles. The van der Waals surface area contributed by atoms with Gasteiger partial charge in [-0.2, -0.15) is 0 Å². The van der Waals surface area contributed by atoms with Gasteiger partial charge in [-0.1, -0.05) is 140 Å². The van der Waals surface area contributed by atoms with Gasteiger partial charge in [-0.15, -0.1) is 0 Å². The third-order valence-corrected chi connectivity index (χ3v) is 10.9. The normalized spacial score (nSPS) is 11.7. The van der Waals surface area contributed by atoms with Crippen LogP contribution in [0.25, 0.3) is 88.4 Å². The molecular weight excluding hydrogens is 675 g/mol. The predicted molar refractivity (Wildman–Crippen MR) is 226 cm³/mol. The maximum absolute atomic E-state index is 6.88. The first-order valence-electron chi connectivity index (χ1n) is 18.6. The van der Waals surface area contributed by atoms with Gasteiger partial charge in [0, 0.05) is 33.0 Å². The first-order chi connectivity index (χ1) is 27.2. The molecule has 4 heteroatoms. The quantitative estimate of drug-likeness (QED) is 0.173. The van der Waals surface area contributed by atoms with E-state index in [1.807, 2.05) is 36.4 Å². The Kier molecular flexibility index (Phi) is 7.04.